The predicted octanol–water partition coefficient (Wildman–Crippen LogP) is 3.18. The second-order valence-electron chi connectivity index (χ2n) is 7.43. The van der Waals surface area contributed by atoms with Crippen molar-refractivity contribution in [3.63, 3.8) is 0 Å². The zero-order chi connectivity index (χ0) is 14.7. The standard InChI is InChI=1S/C18H26O3/c1-2-4-20-5-3-6-21-17(19)13-18-10-14-7-15(11-18)9-16(8-14)12-18/h1,14-16H,3-13H2. The maximum Gasteiger partial charge on any atom is 0.306 e. The third-order valence-corrected chi connectivity index (χ3v) is 5.57. The van der Waals surface area contributed by atoms with Crippen molar-refractivity contribution in [2.45, 2.75) is 51.4 Å². The summed E-state index contributed by atoms with van der Waals surface area (Å²) in [6.07, 6.45) is 14.5. The molecule has 21 heavy (non-hydrogen) atoms. The summed E-state index contributed by atoms with van der Waals surface area (Å²) in [5, 5.41) is 0. The zero-order valence-electron chi connectivity index (χ0n) is 12.8. The van der Waals surface area contributed by atoms with E-state index in [0.29, 0.717) is 26.2 Å². The number of hydrogen-bond acceptors (Lipinski definition) is 3. The van der Waals surface area contributed by atoms with Gasteiger partial charge in [0.1, 0.15) is 6.61 Å². The van der Waals surface area contributed by atoms with Gasteiger partial charge in [-0.1, -0.05) is 5.92 Å². The Bertz CT molecular complexity index is 385. The third-order valence-electron chi connectivity index (χ3n) is 5.57. The molecular weight excluding hydrogens is 264 g/mol. The van der Waals surface area contributed by atoms with Crippen molar-refractivity contribution in [3.05, 3.63) is 0 Å². The molecule has 4 rings (SSSR count). The number of rotatable bonds is 7. The van der Waals surface area contributed by atoms with Crippen LogP contribution in [0.3, 0.4) is 0 Å². The molecule has 0 aromatic carbocycles. The van der Waals surface area contributed by atoms with Crippen LogP contribution < -0.4 is 0 Å². The van der Waals surface area contributed by atoms with E-state index in [2.05, 4.69) is 5.92 Å². The molecule has 0 unspecified atom stereocenters. The van der Waals surface area contributed by atoms with Gasteiger partial charge in [-0.3, -0.25) is 4.79 Å². The highest BCUT2D eigenvalue weighted by molar-refractivity contribution is 5.70. The largest absolute Gasteiger partial charge is 0.466 e. The molecule has 0 aromatic heterocycles. The minimum atomic E-state index is -0.00565. The quantitative estimate of drug-likeness (QED) is 0.410. The summed E-state index contributed by atoms with van der Waals surface area (Å²) in [7, 11) is 0. The number of carbonyl (C=O) groups excluding carboxylic acids is 1. The van der Waals surface area contributed by atoms with E-state index in [4.69, 9.17) is 15.9 Å². The van der Waals surface area contributed by atoms with Gasteiger partial charge < -0.3 is 9.47 Å². The summed E-state index contributed by atoms with van der Waals surface area (Å²) in [6, 6.07) is 0. The van der Waals surface area contributed by atoms with Crippen molar-refractivity contribution in [3.8, 4) is 12.3 Å². The van der Waals surface area contributed by atoms with Gasteiger partial charge >= 0.3 is 5.97 Å². The van der Waals surface area contributed by atoms with Crippen LogP contribution in [0.1, 0.15) is 51.4 Å². The third kappa shape index (κ3) is 3.61. The van der Waals surface area contributed by atoms with Crippen LogP contribution in [0, 0.1) is 35.5 Å². The van der Waals surface area contributed by atoms with Crippen LogP contribution in [0.15, 0.2) is 0 Å². The lowest BCUT2D eigenvalue weighted by Gasteiger charge is -2.56. The first-order chi connectivity index (χ1) is 10.2. The summed E-state index contributed by atoms with van der Waals surface area (Å²) < 4.78 is 10.6. The summed E-state index contributed by atoms with van der Waals surface area (Å²) in [5.74, 6) is 5.09. The fourth-order valence-electron chi connectivity index (χ4n) is 5.34. The van der Waals surface area contributed by atoms with Crippen LogP contribution in [-0.4, -0.2) is 25.8 Å². The van der Waals surface area contributed by atoms with E-state index in [1.165, 1.54) is 38.5 Å². The van der Waals surface area contributed by atoms with Crippen molar-refractivity contribution in [1.82, 2.24) is 0 Å². The molecule has 4 bridgehead atoms. The molecule has 0 aromatic rings. The second-order valence-corrected chi connectivity index (χ2v) is 7.43. The topological polar surface area (TPSA) is 35.5 Å². The van der Waals surface area contributed by atoms with Crippen molar-refractivity contribution in [2.75, 3.05) is 19.8 Å². The molecule has 0 saturated heterocycles. The molecule has 0 amide bonds. The lowest BCUT2D eigenvalue weighted by molar-refractivity contribution is -0.152. The van der Waals surface area contributed by atoms with Crippen LogP contribution in [0.2, 0.25) is 0 Å². The average molecular weight is 290 g/mol. The minimum Gasteiger partial charge on any atom is -0.466 e. The van der Waals surface area contributed by atoms with Crippen LogP contribution in [-0.2, 0) is 14.3 Å². The molecule has 0 heterocycles. The highest BCUT2D eigenvalue weighted by Crippen LogP contribution is 2.61. The molecule has 4 aliphatic rings. The fourth-order valence-corrected chi connectivity index (χ4v) is 5.34. The summed E-state index contributed by atoms with van der Waals surface area (Å²) in [5.41, 5.74) is 0.284. The molecule has 3 nitrogen and oxygen atoms in total. The SMILES string of the molecule is C#CCOCCCOC(=O)CC12CC3CC(CC(C3)C1)C2. The first kappa shape index (κ1) is 14.9. The lowest BCUT2D eigenvalue weighted by Crippen LogP contribution is -2.47. The van der Waals surface area contributed by atoms with Gasteiger partial charge in [-0.25, -0.2) is 0 Å². The fraction of sp³-hybridized carbons (Fsp3) is 0.833. The minimum absolute atomic E-state index is 0.00565. The Kier molecular flexibility index (Phi) is 4.54. The van der Waals surface area contributed by atoms with E-state index in [1.54, 1.807) is 0 Å². The molecule has 0 N–H and O–H groups in total. The lowest BCUT2D eigenvalue weighted by atomic mass is 9.49. The van der Waals surface area contributed by atoms with Gasteiger partial charge in [-0.2, -0.15) is 0 Å². The van der Waals surface area contributed by atoms with Crippen LogP contribution in [0.5, 0.6) is 0 Å². The molecule has 4 aliphatic carbocycles. The van der Waals surface area contributed by atoms with Gasteiger partial charge in [0.15, 0.2) is 0 Å². The second kappa shape index (κ2) is 6.40. The molecule has 4 fully saturated rings. The van der Waals surface area contributed by atoms with E-state index in [9.17, 15) is 4.79 Å². The summed E-state index contributed by atoms with van der Waals surface area (Å²) in [4.78, 5) is 12.1. The van der Waals surface area contributed by atoms with Gasteiger partial charge in [0.05, 0.1) is 19.6 Å². The van der Waals surface area contributed by atoms with Crippen LogP contribution in [0.4, 0.5) is 0 Å². The van der Waals surface area contributed by atoms with E-state index >= 15 is 0 Å². The van der Waals surface area contributed by atoms with Gasteiger partial charge in [-0.15, -0.1) is 6.42 Å². The Hall–Kier alpha value is -1.01. The van der Waals surface area contributed by atoms with Gasteiger partial charge in [-0.05, 0) is 61.7 Å². The first-order valence-electron chi connectivity index (χ1n) is 8.36. The van der Waals surface area contributed by atoms with E-state index in [-0.39, 0.29) is 11.4 Å². The molecule has 0 spiro atoms. The van der Waals surface area contributed by atoms with Crippen molar-refractivity contribution in [1.29, 1.82) is 0 Å². The predicted molar refractivity (Wildman–Crippen MR) is 80.5 cm³/mol. The van der Waals surface area contributed by atoms with Gasteiger partial charge in [0.25, 0.3) is 0 Å². The van der Waals surface area contributed by atoms with E-state index < -0.39 is 0 Å². The summed E-state index contributed by atoms with van der Waals surface area (Å²) in [6.45, 7) is 1.35. The number of hydrogen-bond donors (Lipinski definition) is 0. The number of terminal acetylenes is 1. The monoisotopic (exact) mass is 290 g/mol. The molecule has 0 atom stereocenters. The smallest absolute Gasteiger partial charge is 0.306 e. The Morgan fingerprint density at radius 1 is 1.10 bits per heavy atom. The van der Waals surface area contributed by atoms with Crippen LogP contribution >= 0.6 is 0 Å². The molecule has 4 saturated carbocycles. The van der Waals surface area contributed by atoms with Crippen molar-refractivity contribution in [2.24, 2.45) is 23.2 Å². The highest BCUT2D eigenvalue weighted by atomic mass is 16.5. The van der Waals surface area contributed by atoms with E-state index in [0.717, 1.165) is 24.2 Å². The Balaban J connectivity index is 1.40. The Morgan fingerprint density at radius 2 is 1.71 bits per heavy atom. The Labute approximate surface area is 127 Å². The van der Waals surface area contributed by atoms with Crippen molar-refractivity contribution < 1.29 is 14.3 Å². The molecular formula is C18H26O3. The number of carbonyl (C=O) groups is 1. The van der Waals surface area contributed by atoms with E-state index in [1.807, 2.05) is 0 Å². The maximum atomic E-state index is 12.1. The normalized spacial score (nSPS) is 36.4. The number of esters is 1. The van der Waals surface area contributed by atoms with Gasteiger partial charge in [0, 0.05) is 6.42 Å². The zero-order valence-corrected chi connectivity index (χ0v) is 12.8. The summed E-state index contributed by atoms with van der Waals surface area (Å²) >= 11 is 0. The molecule has 0 aliphatic heterocycles. The average Bonchev–Trinajstić information content (AvgIpc) is 2.40. The Morgan fingerprint density at radius 3 is 2.29 bits per heavy atom. The molecule has 0 radical (unpaired) electrons. The molecule has 3 heteroatoms. The highest BCUT2D eigenvalue weighted by Gasteiger charge is 2.51. The number of ether oxygens (including phenoxy) is 2. The molecule has 116 valence electrons. The maximum absolute atomic E-state index is 12.1. The van der Waals surface area contributed by atoms with Gasteiger partial charge in [0.2, 0.25) is 0 Å². The van der Waals surface area contributed by atoms with Crippen molar-refractivity contribution >= 4 is 5.97 Å². The first-order valence-corrected chi connectivity index (χ1v) is 8.36. The van der Waals surface area contributed by atoms with Crippen LogP contribution in [0.25, 0.3) is 0 Å².